The molecule has 19 heavy (non-hydrogen) atoms. The van der Waals surface area contributed by atoms with Crippen molar-refractivity contribution in [3.63, 3.8) is 0 Å². The molecule has 0 aromatic carbocycles. The fraction of sp³-hybridized carbons (Fsp3) is 0.933. The average molecular weight is 307 g/mol. The van der Waals surface area contributed by atoms with Crippen LogP contribution in [0.5, 0.6) is 0 Å². The molecule has 0 aromatic rings. The van der Waals surface area contributed by atoms with E-state index in [4.69, 9.17) is 23.2 Å². The van der Waals surface area contributed by atoms with Crippen molar-refractivity contribution >= 4 is 29.0 Å². The van der Waals surface area contributed by atoms with Gasteiger partial charge >= 0.3 is 0 Å². The Labute approximate surface area is 126 Å². The molecule has 0 spiro atoms. The number of ketones is 1. The van der Waals surface area contributed by atoms with Crippen molar-refractivity contribution < 1.29 is 9.69 Å². The topological polar surface area (TPSA) is 21.5 Å². The second-order valence-corrected chi connectivity index (χ2v) is 7.43. The molecule has 5 unspecified atom stereocenters. The van der Waals surface area contributed by atoms with E-state index in [1.165, 1.54) is 30.7 Å². The SMILES string of the molecule is CCC1CCC[NH+](CC(=O)C2CCC(Cl)C(Cl)C2)C1. The van der Waals surface area contributed by atoms with Gasteiger partial charge < -0.3 is 4.90 Å². The van der Waals surface area contributed by atoms with Crippen molar-refractivity contribution in [3.8, 4) is 0 Å². The van der Waals surface area contributed by atoms with Crippen molar-refractivity contribution in [2.24, 2.45) is 11.8 Å². The maximum atomic E-state index is 12.4. The third-order valence-corrected chi connectivity index (χ3v) is 6.00. The first-order valence-electron chi connectivity index (χ1n) is 7.74. The van der Waals surface area contributed by atoms with E-state index in [2.05, 4.69) is 6.92 Å². The predicted molar refractivity (Wildman–Crippen MR) is 80.2 cm³/mol. The second kappa shape index (κ2) is 7.28. The average Bonchev–Trinajstić information content (AvgIpc) is 2.42. The van der Waals surface area contributed by atoms with Crippen LogP contribution < -0.4 is 4.90 Å². The first-order chi connectivity index (χ1) is 9.10. The number of hydrogen-bond donors (Lipinski definition) is 1. The summed E-state index contributed by atoms with van der Waals surface area (Å²) >= 11 is 12.3. The van der Waals surface area contributed by atoms with Gasteiger partial charge in [0, 0.05) is 17.2 Å². The molecular formula is C15H26Cl2NO+. The molecule has 2 rings (SSSR count). The number of rotatable bonds is 4. The number of hydrogen-bond acceptors (Lipinski definition) is 1. The van der Waals surface area contributed by atoms with Crippen molar-refractivity contribution in [2.45, 2.75) is 56.2 Å². The molecule has 0 bridgehead atoms. The highest BCUT2D eigenvalue weighted by Gasteiger charge is 2.34. The predicted octanol–water partition coefficient (Wildman–Crippen LogP) is 2.28. The van der Waals surface area contributed by atoms with E-state index < -0.39 is 0 Å². The van der Waals surface area contributed by atoms with E-state index in [1.807, 2.05) is 0 Å². The second-order valence-electron chi connectivity index (χ2n) is 6.31. The van der Waals surface area contributed by atoms with Crippen LogP contribution in [-0.4, -0.2) is 36.2 Å². The van der Waals surface area contributed by atoms with Gasteiger partial charge in [0.15, 0.2) is 5.78 Å². The van der Waals surface area contributed by atoms with Gasteiger partial charge in [-0.3, -0.25) is 4.79 Å². The lowest BCUT2D eigenvalue weighted by molar-refractivity contribution is -0.900. The lowest BCUT2D eigenvalue weighted by Gasteiger charge is -2.32. The lowest BCUT2D eigenvalue weighted by atomic mass is 9.85. The molecule has 2 fully saturated rings. The van der Waals surface area contributed by atoms with E-state index in [9.17, 15) is 4.79 Å². The Morgan fingerprint density at radius 1 is 1.21 bits per heavy atom. The van der Waals surface area contributed by atoms with Gasteiger partial charge in [0.25, 0.3) is 0 Å². The molecule has 0 radical (unpaired) electrons. The summed E-state index contributed by atoms with van der Waals surface area (Å²) in [4.78, 5) is 13.9. The van der Waals surface area contributed by atoms with Gasteiger partial charge in [0.2, 0.25) is 0 Å². The minimum atomic E-state index is -0.0240. The van der Waals surface area contributed by atoms with Crippen LogP contribution in [0, 0.1) is 11.8 Å². The summed E-state index contributed by atoms with van der Waals surface area (Å²) < 4.78 is 0. The quantitative estimate of drug-likeness (QED) is 0.791. The van der Waals surface area contributed by atoms with Gasteiger partial charge in [-0.1, -0.05) is 6.92 Å². The van der Waals surface area contributed by atoms with Crippen LogP contribution in [0.3, 0.4) is 0 Å². The highest BCUT2D eigenvalue weighted by molar-refractivity contribution is 6.30. The highest BCUT2D eigenvalue weighted by Crippen LogP contribution is 2.31. The van der Waals surface area contributed by atoms with Crippen molar-refractivity contribution in [1.82, 2.24) is 0 Å². The number of carbonyl (C=O) groups is 1. The summed E-state index contributed by atoms with van der Waals surface area (Å²) in [6.45, 7) is 5.31. The van der Waals surface area contributed by atoms with Crippen LogP contribution in [0.25, 0.3) is 0 Å². The maximum Gasteiger partial charge on any atom is 0.189 e. The fourth-order valence-corrected chi connectivity index (χ4v) is 4.09. The largest absolute Gasteiger partial charge is 0.329 e. The molecule has 2 aliphatic rings. The summed E-state index contributed by atoms with van der Waals surface area (Å²) in [7, 11) is 0. The molecule has 1 saturated heterocycles. The number of alkyl halides is 2. The number of halogens is 2. The summed E-state index contributed by atoms with van der Waals surface area (Å²) in [6.07, 6.45) is 6.46. The Kier molecular flexibility index (Phi) is 5.98. The van der Waals surface area contributed by atoms with Gasteiger partial charge in [-0.25, -0.2) is 0 Å². The van der Waals surface area contributed by atoms with Gasteiger partial charge in [-0.15, -0.1) is 23.2 Å². The minimum absolute atomic E-state index is 0.0240. The Hall–Kier alpha value is 0.210. The zero-order valence-electron chi connectivity index (χ0n) is 11.8. The van der Waals surface area contributed by atoms with Crippen LogP contribution in [0.15, 0.2) is 0 Å². The number of nitrogens with one attached hydrogen (secondary N) is 1. The van der Waals surface area contributed by atoms with Gasteiger partial charge in [-0.2, -0.15) is 0 Å². The molecule has 1 aliphatic heterocycles. The molecule has 1 heterocycles. The number of likely N-dealkylation sites (tertiary alicyclic amines) is 1. The van der Waals surface area contributed by atoms with E-state index >= 15 is 0 Å². The van der Waals surface area contributed by atoms with Crippen molar-refractivity contribution in [2.75, 3.05) is 19.6 Å². The van der Waals surface area contributed by atoms with E-state index in [0.29, 0.717) is 12.3 Å². The number of quaternary nitrogens is 1. The first kappa shape index (κ1) is 15.6. The lowest BCUT2D eigenvalue weighted by Crippen LogP contribution is -3.14. The van der Waals surface area contributed by atoms with Crippen LogP contribution in [0.2, 0.25) is 0 Å². The van der Waals surface area contributed by atoms with Gasteiger partial charge in [-0.05, 0) is 38.5 Å². The number of piperidine rings is 1. The third kappa shape index (κ3) is 4.34. The molecule has 5 atom stereocenters. The zero-order chi connectivity index (χ0) is 13.8. The number of carbonyl (C=O) groups excluding carboxylic acids is 1. The third-order valence-electron chi connectivity index (χ3n) is 4.87. The molecule has 2 nitrogen and oxygen atoms in total. The summed E-state index contributed by atoms with van der Waals surface area (Å²) in [6, 6.07) is 0. The molecule has 1 aliphatic carbocycles. The maximum absolute atomic E-state index is 12.4. The summed E-state index contributed by atoms with van der Waals surface area (Å²) in [5, 5.41) is 0.0293. The van der Waals surface area contributed by atoms with Crippen LogP contribution in [0.4, 0.5) is 0 Å². The standard InChI is InChI=1S/C15H25Cl2NO/c1-2-11-4-3-7-18(9-11)10-15(19)12-5-6-13(16)14(17)8-12/h11-14H,2-10H2,1H3/p+1. The molecule has 0 amide bonds. The van der Waals surface area contributed by atoms with E-state index in [1.54, 1.807) is 0 Å². The zero-order valence-corrected chi connectivity index (χ0v) is 13.3. The normalized spacial score (nSPS) is 40.1. The molecular weight excluding hydrogens is 281 g/mol. The smallest absolute Gasteiger partial charge is 0.189 e. The molecule has 0 aromatic heterocycles. The molecule has 1 N–H and O–H groups in total. The Morgan fingerprint density at radius 2 is 2.00 bits per heavy atom. The van der Waals surface area contributed by atoms with Crippen molar-refractivity contribution in [1.29, 1.82) is 0 Å². The van der Waals surface area contributed by atoms with E-state index in [-0.39, 0.29) is 16.7 Å². The Balaban J connectivity index is 1.80. The first-order valence-corrected chi connectivity index (χ1v) is 8.61. The molecule has 1 saturated carbocycles. The molecule has 110 valence electrons. The van der Waals surface area contributed by atoms with Crippen LogP contribution in [-0.2, 0) is 4.79 Å². The van der Waals surface area contributed by atoms with Crippen molar-refractivity contribution in [3.05, 3.63) is 0 Å². The summed E-state index contributed by atoms with van der Waals surface area (Å²) in [5.41, 5.74) is 0. The Morgan fingerprint density at radius 3 is 2.68 bits per heavy atom. The highest BCUT2D eigenvalue weighted by atomic mass is 35.5. The van der Waals surface area contributed by atoms with Crippen LogP contribution >= 0.6 is 23.2 Å². The monoisotopic (exact) mass is 306 g/mol. The van der Waals surface area contributed by atoms with Gasteiger partial charge in [0.05, 0.1) is 18.5 Å². The van der Waals surface area contributed by atoms with Crippen LogP contribution in [0.1, 0.15) is 45.4 Å². The fourth-order valence-electron chi connectivity index (χ4n) is 3.52. The summed E-state index contributed by atoms with van der Waals surface area (Å²) in [5.74, 6) is 1.39. The van der Waals surface area contributed by atoms with E-state index in [0.717, 1.165) is 31.7 Å². The van der Waals surface area contributed by atoms with Gasteiger partial charge in [0.1, 0.15) is 6.54 Å². The minimum Gasteiger partial charge on any atom is -0.329 e. The number of Topliss-reactive ketones (excluding diaryl/α,β-unsaturated/α-hetero) is 1. The Bertz CT molecular complexity index is 311. The molecule has 4 heteroatoms.